The summed E-state index contributed by atoms with van der Waals surface area (Å²) < 4.78 is 0. The van der Waals surface area contributed by atoms with E-state index in [1.165, 1.54) is 0 Å². The topological polar surface area (TPSA) is 58.4 Å². The summed E-state index contributed by atoms with van der Waals surface area (Å²) in [4.78, 5) is 14.0. The second kappa shape index (κ2) is 6.06. The van der Waals surface area contributed by atoms with Gasteiger partial charge in [0.25, 0.3) is 0 Å². The van der Waals surface area contributed by atoms with Gasteiger partial charge in [0.15, 0.2) is 0 Å². The number of para-hydroxylation sites is 2. The molecule has 0 aliphatic heterocycles. The molecule has 19 heavy (non-hydrogen) atoms. The molecule has 1 rings (SSSR count). The van der Waals surface area contributed by atoms with E-state index in [-0.39, 0.29) is 11.3 Å². The Bertz CT molecular complexity index is 437. The van der Waals surface area contributed by atoms with Crippen molar-refractivity contribution in [1.82, 2.24) is 4.90 Å². The lowest BCUT2D eigenvalue weighted by molar-refractivity contribution is -0.117. The van der Waals surface area contributed by atoms with Crippen LogP contribution in [0, 0.1) is 5.41 Å². The lowest BCUT2D eigenvalue weighted by Gasteiger charge is -2.34. The Kier molecular flexibility index (Phi) is 4.95. The smallest absolute Gasteiger partial charge is 0.238 e. The van der Waals surface area contributed by atoms with Crippen LogP contribution in [0.4, 0.5) is 11.4 Å². The lowest BCUT2D eigenvalue weighted by atomic mass is 9.87. The number of benzene rings is 1. The van der Waals surface area contributed by atoms with Crippen molar-refractivity contribution in [1.29, 1.82) is 0 Å². The van der Waals surface area contributed by atoms with Crippen LogP contribution in [0.25, 0.3) is 0 Å². The van der Waals surface area contributed by atoms with Crippen LogP contribution in [-0.4, -0.2) is 30.4 Å². The molecule has 4 heteroatoms. The van der Waals surface area contributed by atoms with Crippen molar-refractivity contribution in [2.24, 2.45) is 5.41 Å². The highest BCUT2D eigenvalue weighted by atomic mass is 16.2. The lowest BCUT2D eigenvalue weighted by Crippen LogP contribution is -2.43. The van der Waals surface area contributed by atoms with Crippen molar-refractivity contribution in [3.05, 3.63) is 24.3 Å². The molecule has 1 amide bonds. The molecule has 0 heterocycles. The Labute approximate surface area is 116 Å². The maximum Gasteiger partial charge on any atom is 0.238 e. The van der Waals surface area contributed by atoms with Crippen molar-refractivity contribution >= 4 is 17.3 Å². The third-order valence-electron chi connectivity index (χ3n) is 3.54. The summed E-state index contributed by atoms with van der Waals surface area (Å²) in [6.45, 7) is 8.99. The van der Waals surface area contributed by atoms with Crippen LogP contribution in [0.15, 0.2) is 24.3 Å². The molecule has 1 atom stereocenters. The van der Waals surface area contributed by atoms with Crippen LogP contribution < -0.4 is 11.1 Å². The van der Waals surface area contributed by atoms with Crippen LogP contribution in [-0.2, 0) is 4.79 Å². The third kappa shape index (κ3) is 4.56. The Hall–Kier alpha value is -1.55. The zero-order valence-corrected chi connectivity index (χ0v) is 12.5. The normalized spacial score (nSPS) is 13.4. The van der Waals surface area contributed by atoms with Crippen LogP contribution in [0.3, 0.4) is 0 Å². The summed E-state index contributed by atoms with van der Waals surface area (Å²) in [6, 6.07) is 7.59. The Morgan fingerprint density at radius 1 is 1.37 bits per heavy atom. The van der Waals surface area contributed by atoms with Gasteiger partial charge in [-0.1, -0.05) is 32.9 Å². The van der Waals surface area contributed by atoms with E-state index in [0.29, 0.717) is 24.0 Å². The van der Waals surface area contributed by atoms with Crippen molar-refractivity contribution in [3.8, 4) is 0 Å². The predicted molar refractivity (Wildman–Crippen MR) is 81.0 cm³/mol. The fourth-order valence-electron chi connectivity index (χ4n) is 1.83. The molecule has 0 spiro atoms. The molecular weight excluding hydrogens is 238 g/mol. The van der Waals surface area contributed by atoms with Gasteiger partial charge in [-0.2, -0.15) is 0 Å². The summed E-state index contributed by atoms with van der Waals surface area (Å²) in [5, 5.41) is 2.84. The molecular formula is C15H25N3O. The quantitative estimate of drug-likeness (QED) is 0.821. The van der Waals surface area contributed by atoms with E-state index in [2.05, 4.69) is 37.9 Å². The van der Waals surface area contributed by atoms with E-state index in [0.717, 1.165) is 0 Å². The van der Waals surface area contributed by atoms with Crippen molar-refractivity contribution in [2.75, 3.05) is 24.6 Å². The molecule has 0 aliphatic rings. The van der Waals surface area contributed by atoms with E-state index >= 15 is 0 Å². The number of nitrogens with one attached hydrogen (secondary N) is 1. The minimum atomic E-state index is -0.0449. The maximum absolute atomic E-state index is 12.0. The van der Waals surface area contributed by atoms with Gasteiger partial charge in [-0.15, -0.1) is 0 Å². The maximum atomic E-state index is 12.0. The number of nitrogen functional groups attached to an aromatic ring is 1. The number of rotatable bonds is 4. The van der Waals surface area contributed by atoms with Crippen LogP contribution >= 0.6 is 0 Å². The summed E-state index contributed by atoms with van der Waals surface area (Å²) in [7, 11) is 1.96. The SMILES string of the molecule is CC(N(C)CC(=O)Nc1ccccc1N)C(C)(C)C. The van der Waals surface area contributed by atoms with Crippen LogP contribution in [0.2, 0.25) is 0 Å². The molecule has 1 unspecified atom stereocenters. The molecule has 4 nitrogen and oxygen atoms in total. The van der Waals surface area contributed by atoms with Crippen LogP contribution in [0.5, 0.6) is 0 Å². The second-order valence-electron chi connectivity index (χ2n) is 6.09. The van der Waals surface area contributed by atoms with Crippen LogP contribution in [0.1, 0.15) is 27.7 Å². The largest absolute Gasteiger partial charge is 0.397 e. The number of carbonyl (C=O) groups excluding carboxylic acids is 1. The van der Waals surface area contributed by atoms with E-state index in [4.69, 9.17) is 5.73 Å². The first-order valence-corrected chi connectivity index (χ1v) is 6.56. The van der Waals surface area contributed by atoms with E-state index in [1.807, 2.05) is 19.2 Å². The number of hydrogen-bond donors (Lipinski definition) is 2. The molecule has 0 aromatic heterocycles. The van der Waals surface area contributed by atoms with Crippen molar-refractivity contribution in [2.45, 2.75) is 33.7 Å². The highest BCUT2D eigenvalue weighted by Crippen LogP contribution is 2.23. The summed E-state index contributed by atoms with van der Waals surface area (Å²) in [5.41, 5.74) is 7.20. The highest BCUT2D eigenvalue weighted by Gasteiger charge is 2.25. The van der Waals surface area contributed by atoms with Gasteiger partial charge in [0.2, 0.25) is 5.91 Å². The summed E-state index contributed by atoms with van der Waals surface area (Å²) >= 11 is 0. The van der Waals surface area contributed by atoms with E-state index < -0.39 is 0 Å². The van der Waals surface area contributed by atoms with Gasteiger partial charge in [0.1, 0.15) is 0 Å². The summed E-state index contributed by atoms with van der Waals surface area (Å²) in [5.74, 6) is -0.0449. The Morgan fingerprint density at radius 3 is 2.47 bits per heavy atom. The molecule has 0 saturated heterocycles. The van der Waals surface area contributed by atoms with Crippen molar-refractivity contribution < 1.29 is 4.79 Å². The van der Waals surface area contributed by atoms with Gasteiger partial charge < -0.3 is 11.1 Å². The molecule has 106 valence electrons. The molecule has 0 fully saturated rings. The van der Waals surface area contributed by atoms with Gasteiger partial charge in [-0.3, -0.25) is 9.69 Å². The molecule has 1 aromatic rings. The number of hydrogen-bond acceptors (Lipinski definition) is 3. The van der Waals surface area contributed by atoms with Gasteiger partial charge in [-0.05, 0) is 31.5 Å². The van der Waals surface area contributed by atoms with Gasteiger partial charge in [0.05, 0.1) is 17.9 Å². The number of nitrogens with two attached hydrogens (primary N) is 1. The number of anilines is 2. The molecule has 0 radical (unpaired) electrons. The zero-order valence-electron chi connectivity index (χ0n) is 12.5. The average Bonchev–Trinajstić information content (AvgIpc) is 2.29. The molecule has 1 aromatic carbocycles. The molecule has 3 N–H and O–H groups in total. The number of likely N-dealkylation sites (N-methyl/N-ethyl adjacent to an activating group) is 1. The minimum absolute atomic E-state index is 0.0449. The number of nitrogens with zero attached hydrogens (tertiary/aromatic N) is 1. The molecule has 0 aliphatic carbocycles. The average molecular weight is 263 g/mol. The van der Waals surface area contributed by atoms with Crippen molar-refractivity contribution in [3.63, 3.8) is 0 Å². The number of amides is 1. The van der Waals surface area contributed by atoms with Gasteiger partial charge in [-0.25, -0.2) is 0 Å². The molecule has 0 saturated carbocycles. The fourth-order valence-corrected chi connectivity index (χ4v) is 1.83. The molecule has 0 bridgehead atoms. The Morgan fingerprint density at radius 2 is 1.95 bits per heavy atom. The highest BCUT2D eigenvalue weighted by molar-refractivity contribution is 5.95. The predicted octanol–water partition coefficient (Wildman–Crippen LogP) is 2.57. The van der Waals surface area contributed by atoms with Gasteiger partial charge in [0, 0.05) is 6.04 Å². The van der Waals surface area contributed by atoms with E-state index in [9.17, 15) is 4.79 Å². The standard InChI is InChI=1S/C15H25N3O/c1-11(15(2,3)4)18(5)10-14(19)17-13-9-7-6-8-12(13)16/h6-9,11H,10,16H2,1-5H3,(H,17,19). The van der Waals surface area contributed by atoms with E-state index in [1.54, 1.807) is 12.1 Å². The Balaban J connectivity index is 2.59. The minimum Gasteiger partial charge on any atom is -0.397 e. The third-order valence-corrected chi connectivity index (χ3v) is 3.54. The zero-order chi connectivity index (χ0) is 14.6. The summed E-state index contributed by atoms with van der Waals surface area (Å²) in [6.07, 6.45) is 0. The first-order valence-electron chi connectivity index (χ1n) is 6.56. The first-order chi connectivity index (χ1) is 8.71. The monoisotopic (exact) mass is 263 g/mol. The number of carbonyl (C=O) groups is 1. The fraction of sp³-hybridized carbons (Fsp3) is 0.533. The second-order valence-corrected chi connectivity index (χ2v) is 6.09. The van der Waals surface area contributed by atoms with Gasteiger partial charge >= 0.3 is 0 Å². The first kappa shape index (κ1) is 15.5.